The predicted octanol–water partition coefficient (Wildman–Crippen LogP) is 1.29. The van der Waals surface area contributed by atoms with Crippen molar-refractivity contribution in [3.05, 3.63) is 36.5 Å². The lowest BCUT2D eigenvalue weighted by Crippen LogP contribution is -2.44. The number of pyridine rings is 1. The molecule has 0 radical (unpaired) electrons. The van der Waals surface area contributed by atoms with Gasteiger partial charge in [0.25, 0.3) is 0 Å². The number of carbonyl (C=O) groups excluding carboxylic acids is 2. The zero-order valence-corrected chi connectivity index (χ0v) is 11.8. The minimum Gasteiger partial charge on any atom is -0.490 e. The molecule has 0 saturated heterocycles. The van der Waals surface area contributed by atoms with Gasteiger partial charge in [0.05, 0.1) is 12.6 Å². The maximum atomic E-state index is 11.6. The molecule has 1 heterocycles. The largest absolute Gasteiger partial charge is 0.490 e. The first-order chi connectivity index (χ1) is 10.1. The Morgan fingerprint density at radius 2 is 2.10 bits per heavy atom. The fourth-order valence-corrected chi connectivity index (χ4v) is 1.93. The molecule has 1 N–H and O–H groups in total. The average molecular weight is 288 g/mol. The third-order valence-electron chi connectivity index (χ3n) is 2.87. The standard InChI is InChI=1S/C15H16N2O4/c1-10(18)17-13(15(19)20-2)9-21-14-7-3-6-12-11(14)5-4-8-16-12/h3-8,13H,9H2,1-2H3,(H,17,18). The van der Waals surface area contributed by atoms with Gasteiger partial charge in [-0.25, -0.2) is 4.79 Å². The summed E-state index contributed by atoms with van der Waals surface area (Å²) in [6, 6.07) is 8.31. The van der Waals surface area contributed by atoms with Crippen LogP contribution in [-0.4, -0.2) is 36.6 Å². The lowest BCUT2D eigenvalue weighted by atomic mass is 10.2. The molecule has 1 atom stereocenters. The van der Waals surface area contributed by atoms with Crippen LogP contribution in [0, 0.1) is 0 Å². The molecule has 1 aromatic carbocycles. The maximum absolute atomic E-state index is 11.6. The Kier molecular flexibility index (Phi) is 4.71. The molecule has 0 saturated carbocycles. The smallest absolute Gasteiger partial charge is 0.331 e. The zero-order valence-electron chi connectivity index (χ0n) is 11.8. The SMILES string of the molecule is COC(=O)C(COc1cccc2ncccc12)NC(C)=O. The molecule has 6 nitrogen and oxygen atoms in total. The summed E-state index contributed by atoms with van der Waals surface area (Å²) in [5.74, 6) is -0.281. The first-order valence-electron chi connectivity index (χ1n) is 6.43. The fourth-order valence-electron chi connectivity index (χ4n) is 1.93. The highest BCUT2D eigenvalue weighted by atomic mass is 16.5. The number of nitrogens with zero attached hydrogens (tertiary/aromatic N) is 1. The summed E-state index contributed by atoms with van der Waals surface area (Å²) in [5.41, 5.74) is 0.796. The number of methoxy groups -OCH3 is 1. The van der Waals surface area contributed by atoms with Crippen molar-refractivity contribution in [3.8, 4) is 5.75 Å². The molecule has 1 unspecified atom stereocenters. The molecule has 0 aliphatic rings. The molecule has 0 fully saturated rings. The van der Waals surface area contributed by atoms with Gasteiger partial charge in [0, 0.05) is 18.5 Å². The third kappa shape index (κ3) is 3.68. The molecule has 1 aromatic heterocycles. The number of ether oxygens (including phenoxy) is 2. The van der Waals surface area contributed by atoms with Gasteiger partial charge in [0.15, 0.2) is 6.04 Å². The number of benzene rings is 1. The molecule has 21 heavy (non-hydrogen) atoms. The van der Waals surface area contributed by atoms with Crippen molar-refractivity contribution < 1.29 is 19.1 Å². The van der Waals surface area contributed by atoms with Crippen LogP contribution in [0.25, 0.3) is 10.9 Å². The molecular formula is C15H16N2O4. The molecule has 0 aliphatic carbocycles. The van der Waals surface area contributed by atoms with Crippen molar-refractivity contribution in [2.45, 2.75) is 13.0 Å². The average Bonchev–Trinajstić information content (AvgIpc) is 2.50. The monoisotopic (exact) mass is 288 g/mol. The van der Waals surface area contributed by atoms with E-state index in [1.54, 1.807) is 18.3 Å². The topological polar surface area (TPSA) is 77.5 Å². The zero-order chi connectivity index (χ0) is 15.2. The second-order valence-electron chi connectivity index (χ2n) is 4.41. The van der Waals surface area contributed by atoms with Crippen LogP contribution in [0.2, 0.25) is 0 Å². The van der Waals surface area contributed by atoms with Crippen molar-refractivity contribution in [3.63, 3.8) is 0 Å². The fraction of sp³-hybridized carbons (Fsp3) is 0.267. The van der Waals surface area contributed by atoms with Gasteiger partial charge in [-0.05, 0) is 24.3 Å². The van der Waals surface area contributed by atoms with Crippen molar-refractivity contribution in [2.24, 2.45) is 0 Å². The first kappa shape index (κ1) is 14.8. The number of fused-ring (bicyclic) bond motifs is 1. The summed E-state index contributed by atoms with van der Waals surface area (Å²) in [6.07, 6.45) is 1.70. The first-order valence-corrected chi connectivity index (χ1v) is 6.43. The third-order valence-corrected chi connectivity index (χ3v) is 2.87. The van der Waals surface area contributed by atoms with Gasteiger partial charge in [0.2, 0.25) is 5.91 Å². The molecular weight excluding hydrogens is 272 g/mol. The maximum Gasteiger partial charge on any atom is 0.331 e. The van der Waals surface area contributed by atoms with Crippen LogP contribution in [0.5, 0.6) is 5.75 Å². The van der Waals surface area contributed by atoms with Gasteiger partial charge in [-0.1, -0.05) is 6.07 Å². The van der Waals surface area contributed by atoms with E-state index in [9.17, 15) is 9.59 Å². The van der Waals surface area contributed by atoms with E-state index in [-0.39, 0.29) is 12.5 Å². The Morgan fingerprint density at radius 3 is 2.81 bits per heavy atom. The van der Waals surface area contributed by atoms with Gasteiger partial charge in [-0.3, -0.25) is 9.78 Å². The van der Waals surface area contributed by atoms with Crippen LogP contribution in [-0.2, 0) is 14.3 Å². The van der Waals surface area contributed by atoms with Crippen molar-refractivity contribution in [1.82, 2.24) is 10.3 Å². The number of rotatable bonds is 5. The lowest BCUT2D eigenvalue weighted by Gasteiger charge is -2.17. The van der Waals surface area contributed by atoms with E-state index in [0.29, 0.717) is 5.75 Å². The van der Waals surface area contributed by atoms with E-state index in [1.807, 2.05) is 18.2 Å². The van der Waals surface area contributed by atoms with Gasteiger partial charge in [-0.15, -0.1) is 0 Å². The lowest BCUT2D eigenvalue weighted by molar-refractivity contribution is -0.145. The molecule has 1 amide bonds. The highest BCUT2D eigenvalue weighted by Gasteiger charge is 2.21. The molecule has 0 bridgehead atoms. The molecule has 0 aliphatic heterocycles. The van der Waals surface area contributed by atoms with Crippen LogP contribution in [0.15, 0.2) is 36.5 Å². The van der Waals surface area contributed by atoms with Gasteiger partial charge in [0.1, 0.15) is 12.4 Å². The Balaban J connectivity index is 2.15. The van der Waals surface area contributed by atoms with Crippen LogP contribution in [0.3, 0.4) is 0 Å². The van der Waals surface area contributed by atoms with E-state index in [1.165, 1.54) is 14.0 Å². The summed E-state index contributed by atoms with van der Waals surface area (Å²) < 4.78 is 10.3. The quantitative estimate of drug-likeness (QED) is 0.839. The number of nitrogens with one attached hydrogen (secondary N) is 1. The Hall–Kier alpha value is -2.63. The summed E-state index contributed by atoms with van der Waals surface area (Å²) >= 11 is 0. The van der Waals surface area contributed by atoms with E-state index >= 15 is 0 Å². The van der Waals surface area contributed by atoms with E-state index in [0.717, 1.165) is 10.9 Å². The Bertz CT molecular complexity index is 652. The minimum atomic E-state index is -0.848. The normalized spacial score (nSPS) is 11.7. The van der Waals surface area contributed by atoms with Crippen LogP contribution in [0.4, 0.5) is 0 Å². The van der Waals surface area contributed by atoms with Gasteiger partial charge < -0.3 is 14.8 Å². The highest BCUT2D eigenvalue weighted by molar-refractivity contribution is 5.85. The van der Waals surface area contributed by atoms with Gasteiger partial charge >= 0.3 is 5.97 Å². The van der Waals surface area contributed by atoms with Gasteiger partial charge in [-0.2, -0.15) is 0 Å². The summed E-state index contributed by atoms with van der Waals surface area (Å²) in [7, 11) is 1.26. The number of hydrogen-bond acceptors (Lipinski definition) is 5. The molecule has 110 valence electrons. The van der Waals surface area contributed by atoms with Crippen molar-refractivity contribution in [1.29, 1.82) is 0 Å². The summed E-state index contributed by atoms with van der Waals surface area (Å²) in [4.78, 5) is 26.9. The van der Waals surface area contributed by atoms with Crippen molar-refractivity contribution >= 4 is 22.8 Å². The van der Waals surface area contributed by atoms with Crippen LogP contribution >= 0.6 is 0 Å². The van der Waals surface area contributed by atoms with Crippen molar-refractivity contribution in [2.75, 3.05) is 13.7 Å². The second-order valence-corrected chi connectivity index (χ2v) is 4.41. The Labute approximate surface area is 122 Å². The molecule has 6 heteroatoms. The van der Waals surface area contributed by atoms with E-state index in [4.69, 9.17) is 4.74 Å². The molecule has 2 rings (SSSR count). The second kappa shape index (κ2) is 6.69. The van der Waals surface area contributed by atoms with E-state index < -0.39 is 12.0 Å². The molecule has 2 aromatic rings. The number of aromatic nitrogens is 1. The predicted molar refractivity (Wildman–Crippen MR) is 76.9 cm³/mol. The summed E-state index contributed by atoms with van der Waals surface area (Å²) in [5, 5.41) is 3.33. The molecule has 0 spiro atoms. The number of hydrogen-bond donors (Lipinski definition) is 1. The minimum absolute atomic E-state index is 0.0136. The summed E-state index contributed by atoms with van der Waals surface area (Å²) in [6.45, 7) is 1.32. The number of amides is 1. The Morgan fingerprint density at radius 1 is 1.29 bits per heavy atom. The van der Waals surface area contributed by atoms with E-state index in [2.05, 4.69) is 15.0 Å². The highest BCUT2D eigenvalue weighted by Crippen LogP contribution is 2.23. The number of carbonyl (C=O) groups is 2. The number of esters is 1. The van der Waals surface area contributed by atoms with Crippen LogP contribution < -0.4 is 10.1 Å². The van der Waals surface area contributed by atoms with Crippen LogP contribution in [0.1, 0.15) is 6.92 Å².